The lowest BCUT2D eigenvalue weighted by Crippen LogP contribution is -2.28. The highest BCUT2D eigenvalue weighted by molar-refractivity contribution is 5.90. The molecule has 0 unspecified atom stereocenters. The van der Waals surface area contributed by atoms with Crippen molar-refractivity contribution in [3.05, 3.63) is 77.9 Å². The Hall–Kier alpha value is -3.58. The van der Waals surface area contributed by atoms with Gasteiger partial charge >= 0.3 is 11.9 Å². The van der Waals surface area contributed by atoms with Crippen molar-refractivity contribution >= 4 is 29.4 Å². The van der Waals surface area contributed by atoms with E-state index in [4.69, 9.17) is 25.7 Å². The molecule has 1 aliphatic carbocycles. The van der Waals surface area contributed by atoms with E-state index in [1.807, 2.05) is 6.08 Å². The second-order valence-electron chi connectivity index (χ2n) is 9.33. The van der Waals surface area contributed by atoms with Gasteiger partial charge in [-0.05, 0) is 86.9 Å². The third-order valence-electron chi connectivity index (χ3n) is 6.40. The van der Waals surface area contributed by atoms with E-state index in [-0.39, 0.29) is 24.8 Å². The van der Waals surface area contributed by atoms with Crippen LogP contribution in [0.2, 0.25) is 0 Å². The lowest BCUT2D eigenvalue weighted by molar-refractivity contribution is -0.138. The Morgan fingerprint density at radius 1 is 0.946 bits per heavy atom. The van der Waals surface area contributed by atoms with E-state index < -0.39 is 5.97 Å². The van der Waals surface area contributed by atoms with Crippen LogP contribution >= 0.6 is 0 Å². The number of rotatable bonds is 13. The zero-order chi connectivity index (χ0) is 26.5. The third-order valence-corrected chi connectivity index (χ3v) is 6.40. The first kappa shape index (κ1) is 28.0. The second-order valence-corrected chi connectivity index (χ2v) is 9.33. The van der Waals surface area contributed by atoms with Crippen LogP contribution in [0.4, 0.5) is 11.4 Å². The molecule has 0 aliphatic heterocycles. The zero-order valence-corrected chi connectivity index (χ0v) is 21.4. The van der Waals surface area contributed by atoms with Crippen LogP contribution in [0.25, 0.3) is 6.08 Å². The van der Waals surface area contributed by atoms with Crippen molar-refractivity contribution in [1.82, 2.24) is 0 Å². The number of hydrogen-bond donors (Lipinski definition) is 2. The molecule has 0 amide bonds. The number of unbranched alkanes of at least 4 members (excludes halogenated alkanes) is 3. The van der Waals surface area contributed by atoms with Crippen molar-refractivity contribution < 1.29 is 23.8 Å². The number of ether oxygens (including phenoxy) is 3. The molecule has 7 nitrogen and oxygen atoms in total. The summed E-state index contributed by atoms with van der Waals surface area (Å²) in [4.78, 5) is 24.6. The van der Waals surface area contributed by atoms with Crippen LogP contribution in [-0.4, -0.2) is 30.8 Å². The van der Waals surface area contributed by atoms with E-state index in [0.29, 0.717) is 22.5 Å². The van der Waals surface area contributed by atoms with Crippen molar-refractivity contribution in [2.45, 2.75) is 70.2 Å². The minimum absolute atomic E-state index is 0.0367. The molecule has 0 saturated heterocycles. The van der Waals surface area contributed by atoms with E-state index in [2.05, 4.69) is 6.58 Å². The molecule has 0 aromatic heterocycles. The first-order valence-electron chi connectivity index (χ1n) is 13.0. The van der Waals surface area contributed by atoms with E-state index in [1.165, 1.54) is 12.5 Å². The Bertz CT molecular complexity index is 1060. The van der Waals surface area contributed by atoms with Gasteiger partial charge in [-0.3, -0.25) is 0 Å². The lowest BCUT2D eigenvalue weighted by atomic mass is 9.95. The molecular weight excluding hydrogens is 468 g/mol. The fourth-order valence-electron chi connectivity index (χ4n) is 4.20. The van der Waals surface area contributed by atoms with Crippen LogP contribution in [0.5, 0.6) is 0 Å². The Kier molecular flexibility index (Phi) is 11.2. The number of nitrogen functional groups attached to an aromatic ring is 2. The number of nitrogens with two attached hydrogens (primary N) is 2. The van der Waals surface area contributed by atoms with Crippen LogP contribution in [0.15, 0.2) is 61.2 Å². The number of allylic oxidation sites excluding steroid dienone is 1. The fraction of sp³-hybridized carbons (Fsp3) is 0.400. The lowest BCUT2D eigenvalue weighted by Gasteiger charge is -2.28. The van der Waals surface area contributed by atoms with Crippen LogP contribution in [0, 0.1) is 0 Å². The number of hydrogen-bond acceptors (Lipinski definition) is 7. The highest BCUT2D eigenvalue weighted by Crippen LogP contribution is 2.25. The maximum Gasteiger partial charge on any atom is 0.338 e. The van der Waals surface area contributed by atoms with Gasteiger partial charge in [0.2, 0.25) is 0 Å². The predicted octanol–water partition coefficient (Wildman–Crippen LogP) is 5.84. The van der Waals surface area contributed by atoms with Crippen molar-refractivity contribution in [3.8, 4) is 0 Å². The molecule has 198 valence electrons. The van der Waals surface area contributed by atoms with Crippen molar-refractivity contribution in [2.24, 2.45) is 0 Å². The normalized spacial score (nSPS) is 17.4. The smallest absolute Gasteiger partial charge is 0.338 e. The Balaban J connectivity index is 1.36. The highest BCUT2D eigenvalue weighted by Gasteiger charge is 2.24. The van der Waals surface area contributed by atoms with Crippen molar-refractivity contribution in [3.63, 3.8) is 0 Å². The average Bonchev–Trinajstić information content (AvgIpc) is 2.91. The Labute approximate surface area is 219 Å². The molecule has 4 N–H and O–H groups in total. The summed E-state index contributed by atoms with van der Waals surface area (Å²) < 4.78 is 16.9. The number of esters is 2. The van der Waals surface area contributed by atoms with Gasteiger partial charge < -0.3 is 25.7 Å². The van der Waals surface area contributed by atoms with Crippen LogP contribution in [-0.2, 0) is 25.6 Å². The molecular formula is C30H38N2O5. The Morgan fingerprint density at radius 2 is 1.68 bits per heavy atom. The molecule has 0 atom stereocenters. The SMILES string of the molecule is C=CCCCCCOC1CCC(OC(=O)c2ccc(C=CC(=O)OCc3cc(N)ccc3N)cc2)CC1. The summed E-state index contributed by atoms with van der Waals surface area (Å²) in [5, 5.41) is 0. The summed E-state index contributed by atoms with van der Waals surface area (Å²) in [5.74, 6) is -0.834. The van der Waals surface area contributed by atoms with Crippen molar-refractivity contribution in [1.29, 1.82) is 0 Å². The quantitative estimate of drug-likeness (QED) is 0.115. The van der Waals surface area contributed by atoms with E-state index in [9.17, 15) is 9.59 Å². The van der Waals surface area contributed by atoms with Gasteiger partial charge in [0, 0.05) is 29.6 Å². The summed E-state index contributed by atoms with van der Waals surface area (Å²) in [6, 6.07) is 12.0. The van der Waals surface area contributed by atoms with Gasteiger partial charge in [0.25, 0.3) is 0 Å². The van der Waals surface area contributed by atoms with Crippen LogP contribution in [0.3, 0.4) is 0 Å². The first-order chi connectivity index (χ1) is 17.9. The molecule has 0 bridgehead atoms. The van der Waals surface area contributed by atoms with E-state index in [1.54, 1.807) is 48.5 Å². The number of benzene rings is 2. The van der Waals surface area contributed by atoms with Gasteiger partial charge in [-0.1, -0.05) is 24.6 Å². The zero-order valence-electron chi connectivity index (χ0n) is 21.4. The number of carbonyl (C=O) groups is 2. The number of carbonyl (C=O) groups excluding carboxylic acids is 2. The largest absolute Gasteiger partial charge is 0.459 e. The Morgan fingerprint density at radius 3 is 2.41 bits per heavy atom. The average molecular weight is 507 g/mol. The summed E-state index contributed by atoms with van der Waals surface area (Å²) >= 11 is 0. The highest BCUT2D eigenvalue weighted by atomic mass is 16.5. The van der Waals surface area contributed by atoms with Crippen LogP contribution in [0.1, 0.15) is 72.9 Å². The minimum atomic E-state index is -0.502. The molecule has 0 radical (unpaired) electrons. The van der Waals surface area contributed by atoms with Gasteiger partial charge in [-0.15, -0.1) is 6.58 Å². The minimum Gasteiger partial charge on any atom is -0.459 e. The monoisotopic (exact) mass is 506 g/mol. The standard InChI is InChI=1S/C30H38N2O5/c1-2-3-4-5-6-19-35-26-13-15-27(16-14-26)37-30(34)23-10-7-22(8-11-23)9-18-29(33)36-21-24-20-25(31)12-17-28(24)32/h2,7-12,17-18,20,26-27H,1,3-6,13-16,19,21,31-32H2. The molecule has 1 aliphatic rings. The molecule has 3 rings (SSSR count). The molecule has 1 saturated carbocycles. The van der Waals surface area contributed by atoms with Gasteiger partial charge in [-0.2, -0.15) is 0 Å². The summed E-state index contributed by atoms with van der Waals surface area (Å²) in [7, 11) is 0. The molecule has 37 heavy (non-hydrogen) atoms. The van der Waals surface area contributed by atoms with Gasteiger partial charge in [-0.25, -0.2) is 9.59 Å². The van der Waals surface area contributed by atoms with Crippen molar-refractivity contribution in [2.75, 3.05) is 18.1 Å². The summed E-state index contributed by atoms with van der Waals surface area (Å²) in [5.41, 5.74) is 14.6. The first-order valence-corrected chi connectivity index (χ1v) is 13.0. The second kappa shape index (κ2) is 14.9. The molecule has 1 fully saturated rings. The molecule has 0 heterocycles. The third kappa shape index (κ3) is 9.77. The molecule has 2 aromatic rings. The number of anilines is 2. The maximum atomic E-state index is 12.6. The summed E-state index contributed by atoms with van der Waals surface area (Å²) in [6.45, 7) is 4.57. The summed E-state index contributed by atoms with van der Waals surface area (Å²) in [6.07, 6.45) is 13.0. The van der Waals surface area contributed by atoms with Gasteiger partial charge in [0.15, 0.2) is 0 Å². The maximum absolute atomic E-state index is 12.6. The molecule has 7 heteroatoms. The van der Waals surface area contributed by atoms with Gasteiger partial charge in [0.05, 0.1) is 11.7 Å². The van der Waals surface area contributed by atoms with E-state index in [0.717, 1.165) is 57.1 Å². The van der Waals surface area contributed by atoms with Crippen LogP contribution < -0.4 is 11.5 Å². The van der Waals surface area contributed by atoms with Gasteiger partial charge in [0.1, 0.15) is 12.7 Å². The molecule has 2 aromatic carbocycles. The predicted molar refractivity (Wildman–Crippen MR) is 147 cm³/mol. The molecule has 0 spiro atoms. The van der Waals surface area contributed by atoms with E-state index >= 15 is 0 Å². The topological polar surface area (TPSA) is 114 Å². The fourth-order valence-corrected chi connectivity index (χ4v) is 4.20.